The third-order valence-electron chi connectivity index (χ3n) is 3.02. The first-order valence-corrected chi connectivity index (χ1v) is 6.37. The van der Waals surface area contributed by atoms with E-state index < -0.39 is 0 Å². The van der Waals surface area contributed by atoms with Gasteiger partial charge in [-0.05, 0) is 50.9 Å². The lowest BCUT2D eigenvalue weighted by molar-refractivity contribution is 0.273. The topological polar surface area (TPSA) is 49.5 Å². The van der Waals surface area contributed by atoms with E-state index in [0.717, 1.165) is 44.5 Å². The Morgan fingerprint density at radius 1 is 1.12 bits per heavy atom. The van der Waals surface area contributed by atoms with Crippen molar-refractivity contribution in [2.75, 3.05) is 32.5 Å². The van der Waals surface area contributed by atoms with Gasteiger partial charge in [0.1, 0.15) is 0 Å². The summed E-state index contributed by atoms with van der Waals surface area (Å²) in [5.74, 6) is 0. The summed E-state index contributed by atoms with van der Waals surface area (Å²) in [6.07, 6.45) is 4.18. The molecule has 0 bridgehead atoms. The van der Waals surface area contributed by atoms with Crippen LogP contribution in [0.15, 0.2) is 24.3 Å². The number of anilines is 1. The number of aliphatic hydroxyl groups is 1. The molecule has 3 heteroatoms. The first-order valence-electron chi connectivity index (χ1n) is 6.37. The highest BCUT2D eigenvalue weighted by Gasteiger charge is 2.01. The summed E-state index contributed by atoms with van der Waals surface area (Å²) < 4.78 is 0. The summed E-state index contributed by atoms with van der Waals surface area (Å²) in [4.78, 5) is 2.32. The third-order valence-corrected chi connectivity index (χ3v) is 3.02. The van der Waals surface area contributed by atoms with Crippen molar-refractivity contribution < 1.29 is 5.11 Å². The smallest absolute Gasteiger partial charge is 0.0431 e. The molecule has 0 heterocycles. The fourth-order valence-electron chi connectivity index (χ4n) is 1.86. The average Bonchev–Trinajstić information content (AvgIpc) is 2.34. The number of hydrogen-bond donors (Lipinski definition) is 2. The van der Waals surface area contributed by atoms with Gasteiger partial charge in [-0.1, -0.05) is 18.2 Å². The van der Waals surface area contributed by atoms with Crippen molar-refractivity contribution in [3.05, 3.63) is 29.8 Å². The Morgan fingerprint density at radius 2 is 1.88 bits per heavy atom. The van der Waals surface area contributed by atoms with E-state index in [0.29, 0.717) is 6.61 Å². The summed E-state index contributed by atoms with van der Waals surface area (Å²) in [6.45, 7) is 2.43. The molecule has 0 aliphatic carbocycles. The van der Waals surface area contributed by atoms with Crippen LogP contribution >= 0.6 is 0 Å². The predicted octanol–water partition coefficient (Wildman–Crippen LogP) is 1.91. The molecular weight excluding hydrogens is 212 g/mol. The molecule has 1 aromatic carbocycles. The van der Waals surface area contributed by atoms with E-state index in [1.807, 2.05) is 18.2 Å². The third kappa shape index (κ3) is 5.71. The van der Waals surface area contributed by atoms with Gasteiger partial charge in [-0.3, -0.25) is 0 Å². The van der Waals surface area contributed by atoms with Crippen LogP contribution in [0.4, 0.5) is 5.69 Å². The highest BCUT2D eigenvalue weighted by atomic mass is 16.2. The summed E-state index contributed by atoms with van der Waals surface area (Å²) in [5.41, 5.74) is 8.02. The van der Waals surface area contributed by atoms with Crippen molar-refractivity contribution in [2.24, 2.45) is 0 Å². The van der Waals surface area contributed by atoms with E-state index in [9.17, 15) is 0 Å². The van der Waals surface area contributed by atoms with Crippen LogP contribution < -0.4 is 5.73 Å². The minimum atomic E-state index is 0.310. The molecule has 0 spiro atoms. The molecule has 0 aliphatic heterocycles. The zero-order valence-electron chi connectivity index (χ0n) is 10.7. The number of likely N-dealkylation sites (N-methyl/N-ethyl adjacent to an activating group) is 1. The fraction of sp³-hybridized carbons (Fsp3) is 0.571. The second-order valence-corrected chi connectivity index (χ2v) is 4.54. The Balaban J connectivity index is 2.19. The molecule has 0 radical (unpaired) electrons. The van der Waals surface area contributed by atoms with E-state index in [1.165, 1.54) is 5.56 Å². The summed E-state index contributed by atoms with van der Waals surface area (Å²) >= 11 is 0. The monoisotopic (exact) mass is 236 g/mol. The zero-order valence-corrected chi connectivity index (χ0v) is 10.7. The van der Waals surface area contributed by atoms with Gasteiger partial charge in [0.05, 0.1) is 0 Å². The lowest BCUT2D eigenvalue weighted by atomic mass is 10.1. The first kappa shape index (κ1) is 14.0. The maximum atomic E-state index is 8.69. The van der Waals surface area contributed by atoms with Gasteiger partial charge in [0, 0.05) is 18.8 Å². The maximum absolute atomic E-state index is 8.69. The molecule has 0 aliphatic rings. The molecule has 3 N–H and O–H groups in total. The molecule has 0 aromatic heterocycles. The van der Waals surface area contributed by atoms with Crippen LogP contribution in [0.3, 0.4) is 0 Å². The summed E-state index contributed by atoms with van der Waals surface area (Å²) in [5, 5.41) is 8.69. The fourth-order valence-corrected chi connectivity index (χ4v) is 1.86. The number of nitrogens with two attached hydrogens (primary N) is 1. The average molecular weight is 236 g/mol. The lowest BCUT2D eigenvalue weighted by Gasteiger charge is -2.16. The van der Waals surface area contributed by atoms with Gasteiger partial charge in [0.25, 0.3) is 0 Å². The SMILES string of the molecule is CN(CCCCCO)CCc1ccccc1N. The van der Waals surface area contributed by atoms with E-state index in [-0.39, 0.29) is 0 Å². The highest BCUT2D eigenvalue weighted by molar-refractivity contribution is 5.46. The maximum Gasteiger partial charge on any atom is 0.0431 e. The van der Waals surface area contributed by atoms with Gasteiger partial charge in [-0.2, -0.15) is 0 Å². The number of rotatable bonds is 8. The molecule has 0 saturated carbocycles. The number of para-hydroxylation sites is 1. The van der Waals surface area contributed by atoms with Crippen molar-refractivity contribution in [2.45, 2.75) is 25.7 Å². The number of aliphatic hydroxyl groups excluding tert-OH is 1. The standard InChI is InChI=1S/C14H24N2O/c1-16(10-5-2-6-12-17)11-9-13-7-3-4-8-14(13)15/h3-4,7-8,17H,2,5-6,9-12,15H2,1H3. The van der Waals surface area contributed by atoms with Crippen LogP contribution in [-0.4, -0.2) is 36.8 Å². The van der Waals surface area contributed by atoms with E-state index in [2.05, 4.69) is 18.0 Å². The highest BCUT2D eigenvalue weighted by Crippen LogP contribution is 2.11. The largest absolute Gasteiger partial charge is 0.399 e. The Kier molecular flexibility index (Phi) is 6.67. The summed E-state index contributed by atoms with van der Waals surface area (Å²) in [6, 6.07) is 8.05. The van der Waals surface area contributed by atoms with E-state index in [1.54, 1.807) is 0 Å². The molecule has 0 saturated heterocycles. The number of unbranched alkanes of at least 4 members (excludes halogenated alkanes) is 2. The molecule has 1 rings (SSSR count). The Hall–Kier alpha value is -1.06. The molecule has 17 heavy (non-hydrogen) atoms. The van der Waals surface area contributed by atoms with Crippen molar-refractivity contribution in [1.82, 2.24) is 4.90 Å². The zero-order chi connectivity index (χ0) is 12.5. The Bertz CT molecular complexity index is 315. The van der Waals surface area contributed by atoms with Gasteiger partial charge in [-0.15, -0.1) is 0 Å². The number of hydrogen-bond acceptors (Lipinski definition) is 3. The van der Waals surface area contributed by atoms with Crippen LogP contribution in [0.5, 0.6) is 0 Å². The molecule has 3 nitrogen and oxygen atoms in total. The molecule has 0 fully saturated rings. The van der Waals surface area contributed by atoms with Gasteiger partial charge in [-0.25, -0.2) is 0 Å². The van der Waals surface area contributed by atoms with Crippen LogP contribution in [0.25, 0.3) is 0 Å². The molecule has 0 atom stereocenters. The Morgan fingerprint density at radius 3 is 2.59 bits per heavy atom. The predicted molar refractivity (Wildman–Crippen MR) is 73.0 cm³/mol. The first-order chi connectivity index (χ1) is 8.24. The lowest BCUT2D eigenvalue weighted by Crippen LogP contribution is -2.22. The van der Waals surface area contributed by atoms with Crippen LogP contribution in [-0.2, 0) is 6.42 Å². The van der Waals surface area contributed by atoms with Crippen LogP contribution in [0.1, 0.15) is 24.8 Å². The van der Waals surface area contributed by atoms with Crippen LogP contribution in [0.2, 0.25) is 0 Å². The number of nitrogen functional groups attached to an aromatic ring is 1. The van der Waals surface area contributed by atoms with Gasteiger partial charge in [0.15, 0.2) is 0 Å². The second-order valence-electron chi connectivity index (χ2n) is 4.54. The molecule has 0 amide bonds. The van der Waals surface area contributed by atoms with E-state index in [4.69, 9.17) is 10.8 Å². The van der Waals surface area contributed by atoms with Crippen molar-refractivity contribution >= 4 is 5.69 Å². The Labute approximate surface area is 104 Å². The quantitative estimate of drug-likeness (QED) is 0.535. The second kappa shape index (κ2) is 8.09. The van der Waals surface area contributed by atoms with Crippen LogP contribution in [0, 0.1) is 0 Å². The molecule has 96 valence electrons. The summed E-state index contributed by atoms with van der Waals surface area (Å²) in [7, 11) is 2.14. The molecule has 1 aromatic rings. The molecular formula is C14H24N2O. The van der Waals surface area contributed by atoms with Crippen molar-refractivity contribution in [1.29, 1.82) is 0 Å². The normalized spacial score (nSPS) is 11.0. The van der Waals surface area contributed by atoms with Gasteiger partial charge >= 0.3 is 0 Å². The minimum absolute atomic E-state index is 0.310. The van der Waals surface area contributed by atoms with Gasteiger partial charge < -0.3 is 15.7 Å². The van der Waals surface area contributed by atoms with Crippen molar-refractivity contribution in [3.63, 3.8) is 0 Å². The number of benzene rings is 1. The molecule has 0 unspecified atom stereocenters. The van der Waals surface area contributed by atoms with E-state index >= 15 is 0 Å². The minimum Gasteiger partial charge on any atom is -0.399 e. The number of nitrogens with zero attached hydrogens (tertiary/aromatic N) is 1. The van der Waals surface area contributed by atoms with Crippen molar-refractivity contribution in [3.8, 4) is 0 Å². The van der Waals surface area contributed by atoms with Gasteiger partial charge in [0.2, 0.25) is 0 Å².